The van der Waals surface area contributed by atoms with Gasteiger partial charge in [0.25, 0.3) is 0 Å². The van der Waals surface area contributed by atoms with E-state index in [2.05, 4.69) is 60.4 Å². The summed E-state index contributed by atoms with van der Waals surface area (Å²) >= 11 is -2.43. The molecule has 0 amide bonds. The quantitative estimate of drug-likeness (QED) is 0.245. The summed E-state index contributed by atoms with van der Waals surface area (Å²) in [7, 11) is 0. The van der Waals surface area contributed by atoms with Crippen LogP contribution in [0.4, 0.5) is 13.2 Å². The molecule has 0 fully saturated rings. The van der Waals surface area contributed by atoms with E-state index >= 15 is 0 Å². The van der Waals surface area contributed by atoms with Crippen LogP contribution in [0.1, 0.15) is 36.5 Å². The summed E-state index contributed by atoms with van der Waals surface area (Å²) < 4.78 is 43.4. The summed E-state index contributed by atoms with van der Waals surface area (Å²) in [6.07, 6.45) is -2.74. The Morgan fingerprint density at radius 3 is 2.21 bits per heavy atom. The van der Waals surface area contributed by atoms with Crippen molar-refractivity contribution in [3.63, 3.8) is 0 Å². The van der Waals surface area contributed by atoms with Crippen molar-refractivity contribution in [1.29, 1.82) is 0 Å². The van der Waals surface area contributed by atoms with Crippen LogP contribution in [0.2, 0.25) is 17.3 Å². The Kier molecular flexibility index (Phi) is 6.41. The minimum absolute atomic E-state index is 0.217. The second-order valence-electron chi connectivity index (χ2n) is 10.3. The monoisotopic (exact) mass is 523 g/mol. The van der Waals surface area contributed by atoms with Crippen molar-refractivity contribution in [3.8, 4) is 22.4 Å². The van der Waals surface area contributed by atoms with Gasteiger partial charge in [0, 0.05) is 0 Å². The van der Waals surface area contributed by atoms with Gasteiger partial charge in [0.05, 0.1) is 0 Å². The first-order valence-electron chi connectivity index (χ1n) is 11.6. The summed E-state index contributed by atoms with van der Waals surface area (Å²) in [5, 5.41) is 2.29. The van der Waals surface area contributed by atoms with Gasteiger partial charge in [0.15, 0.2) is 0 Å². The van der Waals surface area contributed by atoms with Gasteiger partial charge < -0.3 is 0 Å². The zero-order valence-corrected chi connectivity index (χ0v) is 22.6. The van der Waals surface area contributed by atoms with Gasteiger partial charge >= 0.3 is 197 Å². The third-order valence-electron chi connectivity index (χ3n) is 6.40. The number of hydrogen-bond donors (Lipinski definition) is 0. The summed E-state index contributed by atoms with van der Waals surface area (Å²) in [5.41, 5.74) is 3.75. The molecule has 0 aliphatic rings. The Labute approximate surface area is 202 Å². The van der Waals surface area contributed by atoms with Crippen molar-refractivity contribution in [2.24, 2.45) is 0 Å². The van der Waals surface area contributed by atoms with E-state index in [-0.39, 0.29) is 5.56 Å². The molecule has 0 aliphatic carbocycles. The second kappa shape index (κ2) is 8.88. The molecular formula is C29H30F3GeN. The Hall–Kier alpha value is -2.60. The SMILES string of the molecule is Cc1cnc(-c2cc(C(C)C)c3ccccc3c2)cc1-c1cc[c]([Ge]([CH3])([CH3])[CH3])cc1C(F)(F)F. The van der Waals surface area contributed by atoms with Crippen LogP contribution < -0.4 is 4.40 Å². The molecule has 0 atom stereocenters. The van der Waals surface area contributed by atoms with Crippen LogP contribution in [-0.4, -0.2) is 18.3 Å². The van der Waals surface area contributed by atoms with E-state index in [0.29, 0.717) is 17.2 Å². The fourth-order valence-corrected chi connectivity index (χ4v) is 6.85. The average molecular weight is 522 g/mol. The number of halogens is 3. The zero-order valence-electron chi connectivity index (χ0n) is 20.5. The summed E-state index contributed by atoms with van der Waals surface area (Å²) in [5.74, 6) is 6.63. The van der Waals surface area contributed by atoms with Crippen molar-refractivity contribution >= 4 is 28.4 Å². The van der Waals surface area contributed by atoms with E-state index < -0.39 is 25.0 Å². The van der Waals surface area contributed by atoms with Crippen molar-refractivity contribution in [2.75, 3.05) is 0 Å². The molecule has 1 nitrogen and oxygen atoms in total. The molecule has 0 unspecified atom stereocenters. The van der Waals surface area contributed by atoms with E-state index in [1.165, 1.54) is 17.0 Å². The van der Waals surface area contributed by atoms with Crippen LogP contribution in [0.3, 0.4) is 0 Å². The summed E-state index contributed by atoms with van der Waals surface area (Å²) in [6, 6.07) is 19.1. The third kappa shape index (κ3) is 4.79. The predicted octanol–water partition coefficient (Wildman–Crippen LogP) is 8.56. The van der Waals surface area contributed by atoms with Crippen molar-refractivity contribution in [3.05, 3.63) is 83.6 Å². The van der Waals surface area contributed by atoms with Crippen molar-refractivity contribution < 1.29 is 13.2 Å². The van der Waals surface area contributed by atoms with Crippen LogP contribution in [0.15, 0.2) is 66.9 Å². The average Bonchev–Trinajstić information content (AvgIpc) is 2.77. The zero-order chi connectivity index (χ0) is 24.8. The van der Waals surface area contributed by atoms with Gasteiger partial charge in [0.1, 0.15) is 0 Å². The third-order valence-corrected chi connectivity index (χ3v) is 10.7. The van der Waals surface area contributed by atoms with Gasteiger partial charge in [0.2, 0.25) is 0 Å². The molecular weight excluding hydrogens is 492 g/mol. The molecule has 0 radical (unpaired) electrons. The number of nitrogens with zero attached hydrogens (tertiary/aromatic N) is 1. The molecule has 4 aromatic rings. The van der Waals surface area contributed by atoms with E-state index in [4.69, 9.17) is 0 Å². The van der Waals surface area contributed by atoms with E-state index in [1.807, 2.05) is 31.2 Å². The molecule has 1 aromatic heterocycles. The van der Waals surface area contributed by atoms with Crippen LogP contribution in [0.25, 0.3) is 33.2 Å². The minimum atomic E-state index is -4.43. The van der Waals surface area contributed by atoms with Gasteiger partial charge in [-0.25, -0.2) is 0 Å². The second-order valence-corrected chi connectivity index (χ2v) is 21.0. The molecule has 3 aromatic carbocycles. The van der Waals surface area contributed by atoms with Gasteiger partial charge in [-0.1, -0.05) is 6.07 Å². The maximum atomic E-state index is 14.2. The number of pyridine rings is 1. The molecule has 0 N–H and O–H groups in total. The standard InChI is InChI=1S/C29H30F3GeN/c1-18(2)25-14-21(13-20-9-7-8-10-23(20)25)28-16-26(19(3)17-34-28)24-12-11-22(33(4,5)6)15-27(24)29(30,31)32/h7-18H,1-6H3. The van der Waals surface area contributed by atoms with Gasteiger partial charge in [-0.3, -0.25) is 0 Å². The molecule has 34 heavy (non-hydrogen) atoms. The molecule has 0 saturated heterocycles. The fraction of sp³-hybridized carbons (Fsp3) is 0.276. The van der Waals surface area contributed by atoms with Gasteiger partial charge in [-0.05, 0) is 0 Å². The van der Waals surface area contributed by atoms with Gasteiger partial charge in [-0.15, -0.1) is 0 Å². The molecule has 4 rings (SSSR count). The molecule has 0 spiro atoms. The van der Waals surface area contributed by atoms with Crippen LogP contribution in [-0.2, 0) is 6.18 Å². The fourth-order valence-electron chi connectivity index (χ4n) is 4.42. The van der Waals surface area contributed by atoms with E-state index in [9.17, 15) is 13.2 Å². The number of hydrogen-bond acceptors (Lipinski definition) is 1. The molecule has 1 heterocycles. The number of rotatable bonds is 4. The van der Waals surface area contributed by atoms with Crippen LogP contribution >= 0.6 is 0 Å². The maximum absolute atomic E-state index is 14.2. The van der Waals surface area contributed by atoms with E-state index in [1.54, 1.807) is 12.3 Å². The van der Waals surface area contributed by atoms with Gasteiger partial charge in [-0.2, -0.15) is 0 Å². The number of aryl methyl sites for hydroxylation is 1. The number of fused-ring (bicyclic) bond motifs is 1. The van der Waals surface area contributed by atoms with E-state index in [0.717, 1.165) is 20.9 Å². The first kappa shape index (κ1) is 24.5. The van der Waals surface area contributed by atoms with Crippen molar-refractivity contribution in [2.45, 2.75) is 50.1 Å². The Balaban J connectivity index is 1.93. The first-order valence-corrected chi connectivity index (χ1v) is 18.9. The topological polar surface area (TPSA) is 12.9 Å². The number of benzene rings is 3. The Bertz CT molecular complexity index is 1360. The Morgan fingerprint density at radius 2 is 1.56 bits per heavy atom. The predicted molar refractivity (Wildman–Crippen MR) is 139 cm³/mol. The Morgan fingerprint density at radius 1 is 0.853 bits per heavy atom. The summed E-state index contributed by atoms with van der Waals surface area (Å²) in [6.45, 7) is 6.12. The number of aromatic nitrogens is 1. The van der Waals surface area contributed by atoms with Crippen LogP contribution in [0, 0.1) is 6.92 Å². The molecule has 176 valence electrons. The first-order chi connectivity index (χ1) is 15.9. The molecule has 0 aliphatic heterocycles. The molecule has 0 saturated carbocycles. The summed E-state index contributed by atoms with van der Waals surface area (Å²) in [4.78, 5) is 4.62. The van der Waals surface area contributed by atoms with Crippen LogP contribution in [0.5, 0.6) is 0 Å². The normalized spacial score (nSPS) is 12.5. The molecule has 5 heteroatoms. The van der Waals surface area contributed by atoms with Crippen molar-refractivity contribution in [1.82, 2.24) is 4.98 Å². The number of alkyl halides is 3. The molecule has 0 bridgehead atoms.